The van der Waals surface area contributed by atoms with Crippen LogP contribution < -0.4 is 0 Å². The van der Waals surface area contributed by atoms with Gasteiger partial charge in [-0.05, 0) is 24.7 Å². The van der Waals surface area contributed by atoms with Crippen LogP contribution in [0.2, 0.25) is 0 Å². The summed E-state index contributed by atoms with van der Waals surface area (Å²) < 4.78 is 0. The number of rotatable bonds is 1. The highest BCUT2D eigenvalue weighted by molar-refractivity contribution is 5.25. The van der Waals surface area contributed by atoms with Gasteiger partial charge in [-0.25, -0.2) is 0 Å². The molecule has 2 aliphatic carbocycles. The van der Waals surface area contributed by atoms with Crippen molar-refractivity contribution in [2.24, 2.45) is 11.8 Å². The second-order valence-corrected chi connectivity index (χ2v) is 4.24. The molecule has 0 saturated heterocycles. The van der Waals surface area contributed by atoms with E-state index in [1.807, 2.05) is 0 Å². The first kappa shape index (κ1) is 8.10. The van der Waals surface area contributed by atoms with E-state index >= 15 is 0 Å². The molecule has 1 saturated carbocycles. The Morgan fingerprint density at radius 2 is 2.08 bits per heavy atom. The SMILES string of the molecule is CC1CCCCC1C1=CC=CC1. The molecule has 0 aliphatic heterocycles. The molecule has 1 fully saturated rings. The highest BCUT2D eigenvalue weighted by atomic mass is 14.3. The molecule has 0 bridgehead atoms. The fourth-order valence-corrected chi connectivity index (χ4v) is 2.61. The van der Waals surface area contributed by atoms with Gasteiger partial charge in [0, 0.05) is 0 Å². The molecule has 2 atom stereocenters. The summed E-state index contributed by atoms with van der Waals surface area (Å²) in [6.07, 6.45) is 13.9. The van der Waals surface area contributed by atoms with Gasteiger partial charge < -0.3 is 0 Å². The Morgan fingerprint density at radius 3 is 2.75 bits per heavy atom. The summed E-state index contributed by atoms with van der Waals surface area (Å²) in [5.41, 5.74) is 1.70. The van der Waals surface area contributed by atoms with Crippen LogP contribution in [0, 0.1) is 11.8 Å². The topological polar surface area (TPSA) is 0 Å². The molecule has 0 spiro atoms. The van der Waals surface area contributed by atoms with Crippen molar-refractivity contribution < 1.29 is 0 Å². The Balaban J connectivity index is 2.01. The molecule has 0 aromatic carbocycles. The van der Waals surface area contributed by atoms with Gasteiger partial charge in [0.05, 0.1) is 0 Å². The quantitative estimate of drug-likeness (QED) is 0.551. The molecule has 12 heavy (non-hydrogen) atoms. The first-order valence-corrected chi connectivity index (χ1v) is 5.23. The Hall–Kier alpha value is -0.520. The average Bonchev–Trinajstić information content (AvgIpc) is 2.57. The van der Waals surface area contributed by atoms with Gasteiger partial charge in [-0.2, -0.15) is 0 Å². The molecule has 0 aromatic heterocycles. The van der Waals surface area contributed by atoms with Crippen LogP contribution in [0.5, 0.6) is 0 Å². The van der Waals surface area contributed by atoms with E-state index < -0.39 is 0 Å². The summed E-state index contributed by atoms with van der Waals surface area (Å²) in [6.45, 7) is 2.42. The van der Waals surface area contributed by atoms with Gasteiger partial charge in [-0.15, -0.1) is 0 Å². The van der Waals surface area contributed by atoms with E-state index in [-0.39, 0.29) is 0 Å². The van der Waals surface area contributed by atoms with Crippen LogP contribution in [0.4, 0.5) is 0 Å². The molecule has 0 amide bonds. The number of hydrogen-bond acceptors (Lipinski definition) is 0. The van der Waals surface area contributed by atoms with Crippen molar-refractivity contribution in [2.75, 3.05) is 0 Å². The summed E-state index contributed by atoms with van der Waals surface area (Å²) in [5.74, 6) is 1.85. The monoisotopic (exact) mass is 162 g/mol. The van der Waals surface area contributed by atoms with E-state index in [0.717, 1.165) is 11.8 Å². The lowest BCUT2D eigenvalue weighted by atomic mass is 9.76. The Bertz CT molecular complexity index is 210. The molecule has 0 nitrogen and oxygen atoms in total. The van der Waals surface area contributed by atoms with E-state index in [1.165, 1.54) is 32.1 Å². The van der Waals surface area contributed by atoms with E-state index in [0.29, 0.717) is 0 Å². The van der Waals surface area contributed by atoms with Crippen molar-refractivity contribution in [1.82, 2.24) is 0 Å². The standard InChI is InChI=1S/C12H18/c1-10-6-2-5-9-12(10)11-7-3-4-8-11/h3-4,7,10,12H,2,5-6,8-9H2,1H3. The average molecular weight is 162 g/mol. The lowest BCUT2D eigenvalue weighted by Gasteiger charge is -2.29. The molecule has 0 heteroatoms. The zero-order valence-electron chi connectivity index (χ0n) is 7.92. The fourth-order valence-electron chi connectivity index (χ4n) is 2.61. The minimum atomic E-state index is 0.911. The van der Waals surface area contributed by atoms with Crippen LogP contribution in [0.1, 0.15) is 39.0 Å². The third kappa shape index (κ3) is 1.48. The van der Waals surface area contributed by atoms with Crippen LogP contribution in [0.3, 0.4) is 0 Å². The molecule has 2 aliphatic rings. The minimum Gasteiger partial charge on any atom is -0.0805 e. The molecule has 0 aromatic rings. The summed E-state index contributed by atoms with van der Waals surface area (Å²) in [5, 5.41) is 0. The van der Waals surface area contributed by atoms with Crippen LogP contribution in [-0.2, 0) is 0 Å². The largest absolute Gasteiger partial charge is 0.0805 e. The van der Waals surface area contributed by atoms with E-state index in [1.54, 1.807) is 5.57 Å². The zero-order valence-corrected chi connectivity index (χ0v) is 7.92. The first-order chi connectivity index (χ1) is 5.88. The predicted octanol–water partition coefficient (Wildman–Crippen LogP) is 3.70. The van der Waals surface area contributed by atoms with Gasteiger partial charge in [0.2, 0.25) is 0 Å². The van der Waals surface area contributed by atoms with Gasteiger partial charge in [0.15, 0.2) is 0 Å². The Labute approximate surface area is 75.4 Å². The second-order valence-electron chi connectivity index (χ2n) is 4.24. The second kappa shape index (κ2) is 3.47. The molecule has 66 valence electrons. The molecule has 2 unspecified atom stereocenters. The van der Waals surface area contributed by atoms with Gasteiger partial charge in [0.1, 0.15) is 0 Å². The Kier molecular flexibility index (Phi) is 2.34. The van der Waals surface area contributed by atoms with Crippen molar-refractivity contribution in [2.45, 2.75) is 39.0 Å². The smallest absolute Gasteiger partial charge is 0.0130 e. The van der Waals surface area contributed by atoms with Crippen molar-refractivity contribution in [3.63, 3.8) is 0 Å². The summed E-state index contributed by atoms with van der Waals surface area (Å²) in [6, 6.07) is 0. The maximum atomic E-state index is 2.42. The van der Waals surface area contributed by atoms with Gasteiger partial charge in [0.25, 0.3) is 0 Å². The van der Waals surface area contributed by atoms with Crippen LogP contribution >= 0.6 is 0 Å². The highest BCUT2D eigenvalue weighted by Gasteiger charge is 2.24. The molecular formula is C12H18. The normalized spacial score (nSPS) is 35.2. The van der Waals surface area contributed by atoms with E-state index in [2.05, 4.69) is 25.2 Å². The van der Waals surface area contributed by atoms with E-state index in [9.17, 15) is 0 Å². The third-order valence-corrected chi connectivity index (χ3v) is 3.39. The van der Waals surface area contributed by atoms with Gasteiger partial charge >= 0.3 is 0 Å². The lowest BCUT2D eigenvalue weighted by Crippen LogP contribution is -2.18. The summed E-state index contributed by atoms with van der Waals surface area (Å²) in [4.78, 5) is 0. The van der Waals surface area contributed by atoms with Crippen LogP contribution in [0.25, 0.3) is 0 Å². The summed E-state index contributed by atoms with van der Waals surface area (Å²) in [7, 11) is 0. The molecular weight excluding hydrogens is 144 g/mol. The maximum Gasteiger partial charge on any atom is -0.0130 e. The highest BCUT2D eigenvalue weighted by Crippen LogP contribution is 2.37. The first-order valence-electron chi connectivity index (χ1n) is 5.23. The molecule has 2 rings (SSSR count). The predicted molar refractivity (Wildman–Crippen MR) is 53.0 cm³/mol. The van der Waals surface area contributed by atoms with Crippen molar-refractivity contribution in [3.8, 4) is 0 Å². The minimum absolute atomic E-state index is 0.911. The number of allylic oxidation sites excluding steroid dienone is 4. The molecule has 0 heterocycles. The maximum absolute atomic E-state index is 2.42. The molecule has 0 radical (unpaired) electrons. The van der Waals surface area contributed by atoms with Gasteiger partial charge in [-0.1, -0.05) is 50.0 Å². The van der Waals surface area contributed by atoms with Gasteiger partial charge in [-0.3, -0.25) is 0 Å². The van der Waals surface area contributed by atoms with Crippen LogP contribution in [-0.4, -0.2) is 0 Å². The van der Waals surface area contributed by atoms with Crippen LogP contribution in [0.15, 0.2) is 23.8 Å². The van der Waals surface area contributed by atoms with Crippen molar-refractivity contribution >= 4 is 0 Å². The Morgan fingerprint density at radius 1 is 1.25 bits per heavy atom. The molecule has 0 N–H and O–H groups in total. The lowest BCUT2D eigenvalue weighted by molar-refractivity contribution is 0.291. The number of hydrogen-bond donors (Lipinski definition) is 0. The van der Waals surface area contributed by atoms with Crippen molar-refractivity contribution in [1.29, 1.82) is 0 Å². The third-order valence-electron chi connectivity index (χ3n) is 3.39. The fraction of sp³-hybridized carbons (Fsp3) is 0.667. The zero-order chi connectivity index (χ0) is 8.39. The van der Waals surface area contributed by atoms with Crippen molar-refractivity contribution in [3.05, 3.63) is 23.8 Å². The summed E-state index contributed by atoms with van der Waals surface area (Å²) >= 11 is 0. The van der Waals surface area contributed by atoms with E-state index in [4.69, 9.17) is 0 Å².